The smallest absolute Gasteiger partial charge is 0.118 e. The Bertz CT molecular complexity index is 297. The van der Waals surface area contributed by atoms with Gasteiger partial charge in [-0.25, -0.2) is 0 Å². The van der Waals surface area contributed by atoms with Crippen LogP contribution in [0.25, 0.3) is 0 Å². The molecule has 1 atom stereocenters. The summed E-state index contributed by atoms with van der Waals surface area (Å²) in [6.07, 6.45) is 0.925. The van der Waals surface area contributed by atoms with Gasteiger partial charge >= 0.3 is 0 Å². The second kappa shape index (κ2) is 3.13. The molecule has 0 aliphatic carbocycles. The molecule has 2 nitrogen and oxygen atoms in total. The highest BCUT2D eigenvalue weighted by Gasteiger charge is 2.40. The lowest BCUT2D eigenvalue weighted by atomic mass is 9.85. The molecular formula is C11H14O2. The van der Waals surface area contributed by atoms with Gasteiger partial charge in [0.05, 0.1) is 13.2 Å². The van der Waals surface area contributed by atoms with Crippen LogP contribution in [0.4, 0.5) is 0 Å². The lowest BCUT2D eigenvalue weighted by Crippen LogP contribution is -2.44. The van der Waals surface area contributed by atoms with Crippen LogP contribution in [-0.4, -0.2) is 18.3 Å². The van der Waals surface area contributed by atoms with Crippen LogP contribution in [-0.2, 0) is 10.3 Å². The van der Waals surface area contributed by atoms with E-state index >= 15 is 0 Å². The standard InChI is InChI=1S/C11H14O2/c1-9-4-2-3-5-10(9)11(8-12)6-7-13-11/h2-5,12H,6-8H2,1H3. The molecule has 1 aliphatic rings. The molecule has 70 valence electrons. The van der Waals surface area contributed by atoms with Crippen molar-refractivity contribution in [3.05, 3.63) is 35.4 Å². The Balaban J connectivity index is 2.38. The third-order valence-electron chi connectivity index (χ3n) is 2.78. The Kier molecular flexibility index (Phi) is 2.10. The Morgan fingerprint density at radius 2 is 2.15 bits per heavy atom. The summed E-state index contributed by atoms with van der Waals surface area (Å²) in [4.78, 5) is 0. The minimum Gasteiger partial charge on any atom is -0.393 e. The van der Waals surface area contributed by atoms with Crippen LogP contribution >= 0.6 is 0 Å². The molecule has 1 aliphatic heterocycles. The van der Waals surface area contributed by atoms with Crippen molar-refractivity contribution < 1.29 is 9.84 Å². The van der Waals surface area contributed by atoms with E-state index in [1.165, 1.54) is 5.56 Å². The van der Waals surface area contributed by atoms with E-state index in [0.717, 1.165) is 18.6 Å². The highest BCUT2D eigenvalue weighted by molar-refractivity contribution is 5.32. The first-order chi connectivity index (χ1) is 6.28. The largest absolute Gasteiger partial charge is 0.393 e. The maximum absolute atomic E-state index is 9.29. The third kappa shape index (κ3) is 1.26. The molecule has 1 fully saturated rings. The number of benzene rings is 1. The van der Waals surface area contributed by atoms with Gasteiger partial charge in [-0.3, -0.25) is 0 Å². The molecule has 0 saturated carbocycles. The average molecular weight is 178 g/mol. The lowest BCUT2D eigenvalue weighted by molar-refractivity contribution is -0.177. The van der Waals surface area contributed by atoms with E-state index in [9.17, 15) is 5.11 Å². The van der Waals surface area contributed by atoms with Crippen LogP contribution in [0.1, 0.15) is 17.5 Å². The number of rotatable bonds is 2. The Morgan fingerprint density at radius 3 is 2.62 bits per heavy atom. The Morgan fingerprint density at radius 1 is 1.46 bits per heavy atom. The third-order valence-corrected chi connectivity index (χ3v) is 2.78. The van der Waals surface area contributed by atoms with E-state index in [-0.39, 0.29) is 6.61 Å². The van der Waals surface area contributed by atoms with Crippen molar-refractivity contribution in [1.29, 1.82) is 0 Å². The van der Waals surface area contributed by atoms with Crippen LogP contribution in [0.15, 0.2) is 24.3 Å². The first kappa shape index (κ1) is 8.73. The molecule has 1 N–H and O–H groups in total. The van der Waals surface area contributed by atoms with Gasteiger partial charge in [-0.05, 0) is 18.1 Å². The summed E-state index contributed by atoms with van der Waals surface area (Å²) in [5.41, 5.74) is 1.92. The zero-order valence-electron chi connectivity index (χ0n) is 7.79. The summed E-state index contributed by atoms with van der Waals surface area (Å²) in [7, 11) is 0. The minimum atomic E-state index is -0.397. The zero-order chi connectivity index (χ0) is 9.31. The number of hydrogen-bond acceptors (Lipinski definition) is 2. The number of aliphatic hydroxyl groups is 1. The molecule has 0 amide bonds. The molecule has 0 aromatic heterocycles. The summed E-state index contributed by atoms with van der Waals surface area (Å²) in [5.74, 6) is 0. The van der Waals surface area contributed by atoms with Gasteiger partial charge in [-0.1, -0.05) is 24.3 Å². The van der Waals surface area contributed by atoms with Gasteiger partial charge in [0.15, 0.2) is 0 Å². The van der Waals surface area contributed by atoms with Crippen molar-refractivity contribution >= 4 is 0 Å². The summed E-state index contributed by atoms with van der Waals surface area (Å²) in [5, 5.41) is 9.29. The Labute approximate surface area is 78.2 Å². The molecule has 13 heavy (non-hydrogen) atoms. The summed E-state index contributed by atoms with van der Waals surface area (Å²) >= 11 is 0. The predicted molar refractivity (Wildman–Crippen MR) is 50.5 cm³/mol. The highest BCUT2D eigenvalue weighted by Crippen LogP contribution is 2.38. The number of ether oxygens (including phenoxy) is 1. The van der Waals surface area contributed by atoms with E-state index in [1.54, 1.807) is 0 Å². The SMILES string of the molecule is Cc1ccccc1C1(CO)CCO1. The Hall–Kier alpha value is -0.860. The van der Waals surface area contributed by atoms with Crippen LogP contribution in [0, 0.1) is 6.92 Å². The van der Waals surface area contributed by atoms with Crippen LogP contribution in [0.5, 0.6) is 0 Å². The van der Waals surface area contributed by atoms with Crippen molar-refractivity contribution in [2.45, 2.75) is 18.9 Å². The van der Waals surface area contributed by atoms with Crippen molar-refractivity contribution in [1.82, 2.24) is 0 Å². The fourth-order valence-electron chi connectivity index (χ4n) is 1.85. The van der Waals surface area contributed by atoms with Crippen molar-refractivity contribution in [3.63, 3.8) is 0 Å². The topological polar surface area (TPSA) is 29.5 Å². The van der Waals surface area contributed by atoms with Gasteiger partial charge in [-0.15, -0.1) is 0 Å². The molecule has 2 heteroatoms. The maximum atomic E-state index is 9.29. The first-order valence-corrected chi connectivity index (χ1v) is 4.59. The number of aryl methyl sites for hydroxylation is 1. The van der Waals surface area contributed by atoms with Crippen molar-refractivity contribution in [2.75, 3.05) is 13.2 Å². The summed E-state index contributed by atoms with van der Waals surface area (Å²) in [6, 6.07) is 8.07. The summed E-state index contributed by atoms with van der Waals surface area (Å²) < 4.78 is 5.48. The van der Waals surface area contributed by atoms with Gasteiger partial charge in [-0.2, -0.15) is 0 Å². The second-order valence-corrected chi connectivity index (χ2v) is 3.57. The molecule has 1 saturated heterocycles. The molecule has 2 rings (SSSR count). The van der Waals surface area contributed by atoms with Gasteiger partial charge in [0.2, 0.25) is 0 Å². The predicted octanol–water partition coefficient (Wildman–Crippen LogP) is 1.60. The van der Waals surface area contributed by atoms with Crippen LogP contribution in [0.3, 0.4) is 0 Å². The molecule has 1 aromatic rings. The molecule has 1 heterocycles. The van der Waals surface area contributed by atoms with Crippen LogP contribution in [0.2, 0.25) is 0 Å². The fourth-order valence-corrected chi connectivity index (χ4v) is 1.85. The van der Waals surface area contributed by atoms with Gasteiger partial charge in [0.25, 0.3) is 0 Å². The van der Waals surface area contributed by atoms with E-state index in [1.807, 2.05) is 18.2 Å². The number of hydrogen-bond donors (Lipinski definition) is 1. The average Bonchev–Trinajstić information content (AvgIpc) is 2.07. The highest BCUT2D eigenvalue weighted by atomic mass is 16.5. The zero-order valence-corrected chi connectivity index (χ0v) is 7.79. The second-order valence-electron chi connectivity index (χ2n) is 3.57. The van der Waals surface area contributed by atoms with Gasteiger partial charge in [0, 0.05) is 6.42 Å². The summed E-state index contributed by atoms with van der Waals surface area (Å²) in [6.45, 7) is 2.89. The lowest BCUT2D eigenvalue weighted by Gasteiger charge is -2.41. The van der Waals surface area contributed by atoms with Gasteiger partial charge < -0.3 is 9.84 Å². The molecule has 0 bridgehead atoms. The van der Waals surface area contributed by atoms with Crippen molar-refractivity contribution in [3.8, 4) is 0 Å². The number of aliphatic hydroxyl groups excluding tert-OH is 1. The molecule has 0 spiro atoms. The quantitative estimate of drug-likeness (QED) is 0.745. The van der Waals surface area contributed by atoms with E-state index in [4.69, 9.17) is 4.74 Å². The monoisotopic (exact) mass is 178 g/mol. The normalized spacial score (nSPS) is 26.9. The van der Waals surface area contributed by atoms with E-state index < -0.39 is 5.60 Å². The molecule has 1 unspecified atom stereocenters. The first-order valence-electron chi connectivity index (χ1n) is 4.59. The minimum absolute atomic E-state index is 0.0812. The molecule has 0 radical (unpaired) electrons. The van der Waals surface area contributed by atoms with Crippen LogP contribution < -0.4 is 0 Å². The molecular weight excluding hydrogens is 164 g/mol. The maximum Gasteiger partial charge on any atom is 0.118 e. The van der Waals surface area contributed by atoms with E-state index in [2.05, 4.69) is 13.0 Å². The van der Waals surface area contributed by atoms with Gasteiger partial charge in [0.1, 0.15) is 5.60 Å². The fraction of sp³-hybridized carbons (Fsp3) is 0.455. The van der Waals surface area contributed by atoms with Crippen molar-refractivity contribution in [2.24, 2.45) is 0 Å². The molecule has 1 aromatic carbocycles. The van der Waals surface area contributed by atoms with E-state index in [0.29, 0.717) is 0 Å².